The molecule has 26 heavy (non-hydrogen) atoms. The summed E-state index contributed by atoms with van der Waals surface area (Å²) in [6, 6.07) is 10.3. The van der Waals surface area contributed by atoms with Gasteiger partial charge in [-0.15, -0.1) is 11.3 Å². The Bertz CT molecular complexity index is 889. The van der Waals surface area contributed by atoms with Crippen LogP contribution in [0.4, 0.5) is 5.82 Å². The number of anilines is 1. The minimum Gasteiger partial charge on any atom is -0.369 e. The molecule has 2 heterocycles. The van der Waals surface area contributed by atoms with Crippen LogP contribution in [0.5, 0.6) is 0 Å². The molecule has 0 radical (unpaired) electrons. The fraction of sp³-hybridized carbons (Fsp3) is 0.350. The third-order valence-electron chi connectivity index (χ3n) is 4.08. The van der Waals surface area contributed by atoms with E-state index in [2.05, 4.69) is 53.5 Å². The normalized spacial score (nSPS) is 11.1. The lowest BCUT2D eigenvalue weighted by Crippen LogP contribution is -2.28. The first-order valence-corrected chi connectivity index (χ1v) is 9.68. The number of nitrogens with zero attached hydrogens (tertiary/aromatic N) is 2. The van der Waals surface area contributed by atoms with Crippen molar-refractivity contribution in [2.45, 2.75) is 27.2 Å². The zero-order valence-corrected chi connectivity index (χ0v) is 16.2. The van der Waals surface area contributed by atoms with Gasteiger partial charge in [0.2, 0.25) is 5.91 Å². The molecule has 0 bridgehead atoms. The molecule has 0 unspecified atom stereocenters. The number of aromatic nitrogens is 2. The van der Waals surface area contributed by atoms with Crippen molar-refractivity contribution in [3.8, 4) is 11.1 Å². The van der Waals surface area contributed by atoms with Crippen molar-refractivity contribution in [1.82, 2.24) is 15.3 Å². The van der Waals surface area contributed by atoms with Crippen LogP contribution in [-0.4, -0.2) is 29.0 Å². The minimum absolute atomic E-state index is 0.0567. The zero-order valence-electron chi connectivity index (χ0n) is 15.4. The maximum atomic E-state index is 11.9. The van der Waals surface area contributed by atoms with E-state index < -0.39 is 0 Å². The Kier molecular flexibility index (Phi) is 5.83. The highest BCUT2D eigenvalue weighted by Crippen LogP contribution is 2.40. The summed E-state index contributed by atoms with van der Waals surface area (Å²) in [7, 11) is 0. The van der Waals surface area contributed by atoms with Gasteiger partial charge in [0.05, 0.1) is 5.39 Å². The molecule has 5 nitrogen and oxygen atoms in total. The maximum Gasteiger partial charge on any atom is 0.221 e. The van der Waals surface area contributed by atoms with E-state index in [4.69, 9.17) is 0 Å². The predicted octanol–water partition coefficient (Wildman–Crippen LogP) is 4.24. The van der Waals surface area contributed by atoms with Crippen LogP contribution < -0.4 is 10.6 Å². The second kappa shape index (κ2) is 8.27. The topological polar surface area (TPSA) is 66.9 Å². The average molecular weight is 369 g/mol. The molecule has 0 spiro atoms. The number of hydrogen-bond acceptors (Lipinski definition) is 5. The number of carbonyl (C=O) groups is 1. The zero-order chi connectivity index (χ0) is 18.5. The molecule has 0 atom stereocenters. The van der Waals surface area contributed by atoms with E-state index in [1.54, 1.807) is 17.7 Å². The van der Waals surface area contributed by atoms with Crippen LogP contribution in [0.1, 0.15) is 25.1 Å². The molecule has 0 saturated carbocycles. The summed E-state index contributed by atoms with van der Waals surface area (Å²) in [5, 5.41) is 7.29. The Morgan fingerprint density at radius 3 is 2.69 bits per heavy atom. The Labute approximate surface area is 157 Å². The van der Waals surface area contributed by atoms with Gasteiger partial charge < -0.3 is 10.6 Å². The molecule has 136 valence electrons. The van der Waals surface area contributed by atoms with Crippen LogP contribution in [0, 0.1) is 12.8 Å². The smallest absolute Gasteiger partial charge is 0.221 e. The van der Waals surface area contributed by atoms with Crippen molar-refractivity contribution in [2.75, 3.05) is 18.4 Å². The van der Waals surface area contributed by atoms with Gasteiger partial charge in [-0.1, -0.05) is 44.2 Å². The monoisotopic (exact) mass is 368 g/mol. The SMILES string of the molecule is Cc1sc2ncnc(NCCC(=O)NCC(C)C)c2c1-c1ccccc1. The largest absolute Gasteiger partial charge is 0.369 e. The standard InChI is InChI=1S/C20H24N4OS/c1-13(2)11-22-16(25)9-10-21-19-18-17(15-7-5-4-6-8-15)14(3)26-20(18)24-12-23-19/h4-8,12-13H,9-11H2,1-3H3,(H,22,25)(H,21,23,24). The minimum atomic E-state index is 0.0567. The van der Waals surface area contributed by atoms with Crippen LogP contribution in [0.25, 0.3) is 21.3 Å². The fourth-order valence-electron chi connectivity index (χ4n) is 2.83. The van der Waals surface area contributed by atoms with E-state index in [0.717, 1.165) is 27.2 Å². The van der Waals surface area contributed by atoms with E-state index in [1.165, 1.54) is 4.88 Å². The van der Waals surface area contributed by atoms with Crippen LogP contribution >= 0.6 is 11.3 Å². The van der Waals surface area contributed by atoms with Gasteiger partial charge in [-0.3, -0.25) is 4.79 Å². The van der Waals surface area contributed by atoms with Gasteiger partial charge in [-0.05, 0) is 18.4 Å². The fourth-order valence-corrected chi connectivity index (χ4v) is 3.84. The lowest BCUT2D eigenvalue weighted by atomic mass is 10.0. The summed E-state index contributed by atoms with van der Waals surface area (Å²) in [4.78, 5) is 22.9. The first kappa shape index (κ1) is 18.3. The molecular weight excluding hydrogens is 344 g/mol. The van der Waals surface area contributed by atoms with Gasteiger partial charge in [0.15, 0.2) is 0 Å². The summed E-state index contributed by atoms with van der Waals surface area (Å²) in [5.41, 5.74) is 2.32. The average Bonchev–Trinajstić information content (AvgIpc) is 2.97. The van der Waals surface area contributed by atoms with Gasteiger partial charge in [-0.2, -0.15) is 0 Å². The second-order valence-electron chi connectivity index (χ2n) is 6.68. The second-order valence-corrected chi connectivity index (χ2v) is 7.88. The van der Waals surface area contributed by atoms with Crippen molar-refractivity contribution in [1.29, 1.82) is 0 Å². The number of amides is 1. The molecule has 3 rings (SSSR count). The van der Waals surface area contributed by atoms with Gasteiger partial charge in [-0.25, -0.2) is 9.97 Å². The molecule has 0 saturated heterocycles. The van der Waals surface area contributed by atoms with Crippen molar-refractivity contribution in [3.63, 3.8) is 0 Å². The third-order valence-corrected chi connectivity index (χ3v) is 5.09. The van der Waals surface area contributed by atoms with Crippen molar-refractivity contribution >= 4 is 33.3 Å². The molecule has 2 N–H and O–H groups in total. The number of thiophene rings is 1. The third kappa shape index (κ3) is 4.19. The Morgan fingerprint density at radius 2 is 1.96 bits per heavy atom. The van der Waals surface area contributed by atoms with Crippen LogP contribution in [0.15, 0.2) is 36.7 Å². The molecular formula is C20H24N4OS. The Balaban J connectivity index is 1.80. The Hall–Kier alpha value is -2.47. The van der Waals surface area contributed by atoms with Gasteiger partial charge in [0.1, 0.15) is 17.0 Å². The quantitative estimate of drug-likeness (QED) is 0.654. The molecule has 2 aromatic heterocycles. The summed E-state index contributed by atoms with van der Waals surface area (Å²) >= 11 is 1.67. The number of benzene rings is 1. The summed E-state index contributed by atoms with van der Waals surface area (Å²) < 4.78 is 0. The summed E-state index contributed by atoms with van der Waals surface area (Å²) in [6.07, 6.45) is 2.00. The molecule has 1 amide bonds. The van der Waals surface area contributed by atoms with E-state index in [1.807, 2.05) is 18.2 Å². The summed E-state index contributed by atoms with van der Waals surface area (Å²) in [6.45, 7) is 7.52. The highest BCUT2D eigenvalue weighted by molar-refractivity contribution is 7.19. The van der Waals surface area contributed by atoms with E-state index in [9.17, 15) is 4.79 Å². The molecule has 1 aromatic carbocycles. The van der Waals surface area contributed by atoms with Crippen LogP contribution in [-0.2, 0) is 4.79 Å². The number of hydrogen-bond donors (Lipinski definition) is 2. The number of carbonyl (C=O) groups excluding carboxylic acids is 1. The maximum absolute atomic E-state index is 11.9. The van der Waals surface area contributed by atoms with Crippen molar-refractivity contribution in [3.05, 3.63) is 41.5 Å². The van der Waals surface area contributed by atoms with Crippen LogP contribution in [0.2, 0.25) is 0 Å². The lowest BCUT2D eigenvalue weighted by Gasteiger charge is -2.10. The van der Waals surface area contributed by atoms with E-state index in [-0.39, 0.29) is 5.91 Å². The Morgan fingerprint density at radius 1 is 1.19 bits per heavy atom. The molecule has 0 fully saturated rings. The van der Waals surface area contributed by atoms with Crippen molar-refractivity contribution in [2.24, 2.45) is 5.92 Å². The number of fused-ring (bicyclic) bond motifs is 1. The van der Waals surface area contributed by atoms with Gasteiger partial charge in [0, 0.05) is 30.0 Å². The first-order valence-electron chi connectivity index (χ1n) is 8.86. The van der Waals surface area contributed by atoms with E-state index in [0.29, 0.717) is 25.4 Å². The molecule has 0 aliphatic rings. The molecule has 0 aliphatic carbocycles. The van der Waals surface area contributed by atoms with Gasteiger partial charge >= 0.3 is 0 Å². The van der Waals surface area contributed by atoms with Crippen LogP contribution in [0.3, 0.4) is 0 Å². The highest BCUT2D eigenvalue weighted by atomic mass is 32.1. The molecule has 6 heteroatoms. The predicted molar refractivity (Wildman–Crippen MR) is 109 cm³/mol. The van der Waals surface area contributed by atoms with Crippen molar-refractivity contribution < 1.29 is 4.79 Å². The first-order chi connectivity index (χ1) is 12.6. The highest BCUT2D eigenvalue weighted by Gasteiger charge is 2.16. The van der Waals surface area contributed by atoms with Gasteiger partial charge in [0.25, 0.3) is 0 Å². The lowest BCUT2D eigenvalue weighted by molar-refractivity contribution is -0.120. The number of rotatable bonds is 7. The molecule has 0 aliphatic heterocycles. The molecule has 3 aromatic rings. The van der Waals surface area contributed by atoms with E-state index >= 15 is 0 Å². The number of nitrogens with one attached hydrogen (secondary N) is 2. The number of aryl methyl sites for hydroxylation is 1. The summed E-state index contributed by atoms with van der Waals surface area (Å²) in [5.74, 6) is 1.30.